The highest BCUT2D eigenvalue weighted by atomic mass is 16.5. The van der Waals surface area contributed by atoms with Gasteiger partial charge in [-0.15, -0.1) is 0 Å². The van der Waals surface area contributed by atoms with Crippen molar-refractivity contribution in [3.05, 3.63) is 24.3 Å². The Balaban J connectivity index is 1.33. The number of carbonyl (C=O) groups is 2. The number of methoxy groups -OCH3 is 1. The highest BCUT2D eigenvalue weighted by Crippen LogP contribution is 2.46. The standard InChI is InChI=1S/C20H29N3O5/c1-26-16-2-4-17(5-3-16)28-13-9-22-19(25)20(6-7-20)18(24)21-8-10-23-11-14-27-15-12-23/h2-5H,6-15H2,1H3,(H,21,24)(H,22,25). The van der Waals surface area contributed by atoms with Crippen LogP contribution in [-0.2, 0) is 14.3 Å². The van der Waals surface area contributed by atoms with Crippen LogP contribution in [0.4, 0.5) is 0 Å². The Morgan fingerprint density at radius 2 is 1.64 bits per heavy atom. The Kier molecular flexibility index (Phi) is 7.11. The smallest absolute Gasteiger partial charge is 0.235 e. The van der Waals surface area contributed by atoms with Crippen LogP contribution in [-0.4, -0.2) is 76.4 Å². The van der Waals surface area contributed by atoms with Crippen molar-refractivity contribution in [1.82, 2.24) is 15.5 Å². The van der Waals surface area contributed by atoms with Crippen molar-refractivity contribution in [1.29, 1.82) is 0 Å². The maximum Gasteiger partial charge on any atom is 0.235 e. The molecule has 2 amide bonds. The Labute approximate surface area is 165 Å². The molecule has 0 radical (unpaired) electrons. The summed E-state index contributed by atoms with van der Waals surface area (Å²) in [6.07, 6.45) is 1.20. The molecule has 0 spiro atoms. The number of nitrogens with one attached hydrogen (secondary N) is 2. The zero-order valence-electron chi connectivity index (χ0n) is 16.4. The molecule has 2 fully saturated rings. The monoisotopic (exact) mass is 391 g/mol. The van der Waals surface area contributed by atoms with Gasteiger partial charge in [-0.05, 0) is 37.1 Å². The van der Waals surface area contributed by atoms with E-state index in [0.29, 0.717) is 38.3 Å². The molecule has 1 saturated carbocycles. The van der Waals surface area contributed by atoms with E-state index < -0.39 is 5.41 Å². The SMILES string of the molecule is COc1ccc(OCCNC(=O)C2(C(=O)NCCN3CCOCC3)CC2)cc1. The quantitative estimate of drug-likeness (QED) is 0.444. The van der Waals surface area contributed by atoms with Gasteiger partial charge in [0.15, 0.2) is 0 Å². The Morgan fingerprint density at radius 3 is 2.25 bits per heavy atom. The van der Waals surface area contributed by atoms with E-state index >= 15 is 0 Å². The molecule has 28 heavy (non-hydrogen) atoms. The lowest BCUT2D eigenvalue weighted by atomic mass is 10.1. The number of carbonyl (C=O) groups excluding carboxylic acids is 2. The summed E-state index contributed by atoms with van der Waals surface area (Å²) in [6, 6.07) is 7.25. The number of amides is 2. The van der Waals surface area contributed by atoms with Crippen molar-refractivity contribution in [2.75, 3.05) is 59.7 Å². The van der Waals surface area contributed by atoms with E-state index in [9.17, 15) is 9.59 Å². The molecule has 1 heterocycles. The van der Waals surface area contributed by atoms with E-state index in [2.05, 4.69) is 15.5 Å². The zero-order valence-corrected chi connectivity index (χ0v) is 16.4. The van der Waals surface area contributed by atoms with Crippen molar-refractivity contribution in [3.8, 4) is 11.5 Å². The molecular formula is C20H29N3O5. The van der Waals surface area contributed by atoms with Gasteiger partial charge in [-0.25, -0.2) is 0 Å². The summed E-state index contributed by atoms with van der Waals surface area (Å²) in [5.41, 5.74) is -0.898. The molecule has 0 atom stereocenters. The minimum Gasteiger partial charge on any atom is -0.497 e. The molecule has 154 valence electrons. The fourth-order valence-electron chi connectivity index (χ4n) is 3.18. The van der Waals surface area contributed by atoms with E-state index in [0.717, 1.165) is 38.6 Å². The van der Waals surface area contributed by atoms with E-state index in [1.807, 2.05) is 24.3 Å². The van der Waals surface area contributed by atoms with Gasteiger partial charge in [0.25, 0.3) is 0 Å². The van der Waals surface area contributed by atoms with Gasteiger partial charge in [0.05, 0.1) is 26.9 Å². The van der Waals surface area contributed by atoms with Crippen LogP contribution in [0.25, 0.3) is 0 Å². The molecule has 1 saturated heterocycles. The number of morpholine rings is 1. The fraction of sp³-hybridized carbons (Fsp3) is 0.600. The molecule has 2 aliphatic rings. The molecule has 1 aliphatic carbocycles. The van der Waals surface area contributed by atoms with Crippen LogP contribution in [0, 0.1) is 5.41 Å². The summed E-state index contributed by atoms with van der Waals surface area (Å²) in [6.45, 7) is 5.26. The molecule has 1 aromatic carbocycles. The second kappa shape index (κ2) is 9.75. The number of hydrogen-bond donors (Lipinski definition) is 2. The maximum absolute atomic E-state index is 12.5. The van der Waals surface area contributed by atoms with E-state index in [1.54, 1.807) is 7.11 Å². The van der Waals surface area contributed by atoms with Crippen LogP contribution in [0.3, 0.4) is 0 Å². The van der Waals surface area contributed by atoms with Crippen LogP contribution in [0.5, 0.6) is 11.5 Å². The van der Waals surface area contributed by atoms with Gasteiger partial charge >= 0.3 is 0 Å². The summed E-state index contributed by atoms with van der Waals surface area (Å²) in [5, 5.41) is 5.74. The van der Waals surface area contributed by atoms with E-state index in [-0.39, 0.29) is 11.8 Å². The topological polar surface area (TPSA) is 89.1 Å². The number of nitrogens with zero attached hydrogens (tertiary/aromatic N) is 1. The number of ether oxygens (including phenoxy) is 3. The van der Waals surface area contributed by atoms with Crippen molar-refractivity contribution >= 4 is 11.8 Å². The Morgan fingerprint density at radius 1 is 1.04 bits per heavy atom. The molecule has 1 aliphatic heterocycles. The first-order chi connectivity index (χ1) is 13.6. The summed E-state index contributed by atoms with van der Waals surface area (Å²) in [7, 11) is 1.61. The van der Waals surface area contributed by atoms with Crippen molar-refractivity contribution in [2.24, 2.45) is 5.41 Å². The normalized spacial score (nSPS) is 18.2. The number of hydrogen-bond acceptors (Lipinski definition) is 6. The van der Waals surface area contributed by atoms with Gasteiger partial charge < -0.3 is 24.8 Å². The summed E-state index contributed by atoms with van der Waals surface area (Å²) in [5.74, 6) is 1.08. The summed E-state index contributed by atoms with van der Waals surface area (Å²) in [4.78, 5) is 27.2. The first-order valence-corrected chi connectivity index (χ1v) is 9.78. The molecule has 3 rings (SSSR count). The van der Waals surface area contributed by atoms with Crippen molar-refractivity contribution in [2.45, 2.75) is 12.8 Å². The second-order valence-electron chi connectivity index (χ2n) is 7.07. The molecule has 8 heteroatoms. The van der Waals surface area contributed by atoms with Gasteiger partial charge in [-0.2, -0.15) is 0 Å². The average Bonchev–Trinajstić information content (AvgIpc) is 3.54. The molecule has 2 N–H and O–H groups in total. The molecule has 8 nitrogen and oxygen atoms in total. The number of benzene rings is 1. The molecule has 0 unspecified atom stereocenters. The third-order valence-corrected chi connectivity index (χ3v) is 5.15. The lowest BCUT2D eigenvalue weighted by molar-refractivity contribution is -0.137. The summed E-state index contributed by atoms with van der Waals surface area (Å²) >= 11 is 0. The zero-order chi connectivity index (χ0) is 19.8. The first kappa shape index (κ1) is 20.4. The Bertz CT molecular complexity index is 654. The third kappa shape index (κ3) is 5.36. The fourth-order valence-corrected chi connectivity index (χ4v) is 3.18. The van der Waals surface area contributed by atoms with Gasteiger partial charge in [0, 0.05) is 26.2 Å². The molecule has 1 aromatic rings. The van der Waals surface area contributed by atoms with Crippen LogP contribution < -0.4 is 20.1 Å². The molecule has 0 aromatic heterocycles. The predicted octanol–water partition coefficient (Wildman–Crippen LogP) is 0.419. The van der Waals surface area contributed by atoms with Gasteiger partial charge in [-0.3, -0.25) is 14.5 Å². The molecular weight excluding hydrogens is 362 g/mol. The third-order valence-electron chi connectivity index (χ3n) is 5.15. The highest BCUT2D eigenvalue weighted by Gasteiger charge is 2.56. The lowest BCUT2D eigenvalue weighted by Crippen LogP contribution is -2.46. The van der Waals surface area contributed by atoms with E-state index in [1.165, 1.54) is 0 Å². The highest BCUT2D eigenvalue weighted by molar-refractivity contribution is 6.07. The predicted molar refractivity (Wildman–Crippen MR) is 103 cm³/mol. The summed E-state index contributed by atoms with van der Waals surface area (Å²) < 4.78 is 16.0. The van der Waals surface area contributed by atoms with Crippen LogP contribution in [0.15, 0.2) is 24.3 Å². The first-order valence-electron chi connectivity index (χ1n) is 9.78. The van der Waals surface area contributed by atoms with Gasteiger partial charge in [0.2, 0.25) is 11.8 Å². The lowest BCUT2D eigenvalue weighted by Gasteiger charge is -2.26. The van der Waals surface area contributed by atoms with Crippen LogP contribution >= 0.6 is 0 Å². The average molecular weight is 391 g/mol. The largest absolute Gasteiger partial charge is 0.497 e. The Hall–Kier alpha value is -2.32. The van der Waals surface area contributed by atoms with Crippen LogP contribution in [0.2, 0.25) is 0 Å². The maximum atomic E-state index is 12.5. The van der Waals surface area contributed by atoms with Crippen molar-refractivity contribution in [3.63, 3.8) is 0 Å². The number of rotatable bonds is 10. The van der Waals surface area contributed by atoms with Gasteiger partial charge in [-0.1, -0.05) is 0 Å². The van der Waals surface area contributed by atoms with E-state index in [4.69, 9.17) is 14.2 Å². The van der Waals surface area contributed by atoms with Crippen molar-refractivity contribution < 1.29 is 23.8 Å². The van der Waals surface area contributed by atoms with Gasteiger partial charge in [0.1, 0.15) is 23.5 Å². The minimum atomic E-state index is -0.898. The van der Waals surface area contributed by atoms with Crippen LogP contribution in [0.1, 0.15) is 12.8 Å². The molecule has 0 bridgehead atoms. The minimum absolute atomic E-state index is 0.172. The second-order valence-corrected chi connectivity index (χ2v) is 7.07.